The number of sulfonamides is 1. The number of benzene rings is 2. The van der Waals surface area contributed by atoms with Crippen LogP contribution in [0, 0.1) is 11.3 Å². The molecule has 2 aromatic carbocycles. The molecule has 1 aliphatic rings. The minimum Gasteiger partial charge on any atom is -0.368 e. The van der Waals surface area contributed by atoms with Gasteiger partial charge in [-0.05, 0) is 72.3 Å². The number of carbonyl (C=O) groups is 1. The first-order valence-corrected chi connectivity index (χ1v) is 14.8. The van der Waals surface area contributed by atoms with Gasteiger partial charge in [0.1, 0.15) is 0 Å². The zero-order valence-corrected chi connectivity index (χ0v) is 23.2. The van der Waals surface area contributed by atoms with Gasteiger partial charge in [0.25, 0.3) is 15.9 Å². The zero-order valence-electron chi connectivity index (χ0n) is 20.8. The van der Waals surface area contributed by atoms with E-state index in [0.717, 1.165) is 11.3 Å². The third kappa shape index (κ3) is 5.91. The lowest BCUT2D eigenvalue weighted by Crippen LogP contribution is -2.48. The Morgan fingerprint density at radius 2 is 1.72 bits per heavy atom. The number of amides is 1. The number of aromatic nitrogens is 1. The van der Waals surface area contributed by atoms with E-state index < -0.39 is 10.0 Å². The SMILES string of the molecule is N#Cc1ccc(S(=O)(=O)N(Cc2cccnc2)c2ccc(N3CCN(C(=O)c4ccc(Cl)s4)CC3)cc2)cc1. The van der Waals surface area contributed by atoms with Gasteiger partial charge in [0, 0.05) is 44.3 Å². The molecule has 1 fully saturated rings. The van der Waals surface area contributed by atoms with Gasteiger partial charge < -0.3 is 9.80 Å². The van der Waals surface area contributed by atoms with E-state index in [1.165, 1.54) is 39.9 Å². The molecule has 8 nitrogen and oxygen atoms in total. The largest absolute Gasteiger partial charge is 0.368 e. The summed E-state index contributed by atoms with van der Waals surface area (Å²) in [5.74, 6) is -0.0130. The predicted molar refractivity (Wildman–Crippen MR) is 153 cm³/mol. The molecule has 0 unspecified atom stereocenters. The van der Waals surface area contributed by atoms with Gasteiger partial charge in [-0.15, -0.1) is 11.3 Å². The van der Waals surface area contributed by atoms with E-state index in [0.29, 0.717) is 46.6 Å². The van der Waals surface area contributed by atoms with Crippen molar-refractivity contribution in [1.82, 2.24) is 9.88 Å². The lowest BCUT2D eigenvalue weighted by molar-refractivity contribution is 0.0751. The molecule has 0 radical (unpaired) electrons. The molecule has 0 aliphatic carbocycles. The van der Waals surface area contributed by atoms with Crippen molar-refractivity contribution in [3.05, 3.63) is 106 Å². The number of piperazine rings is 1. The number of anilines is 2. The summed E-state index contributed by atoms with van der Waals surface area (Å²) in [6, 6.07) is 22.4. The summed E-state index contributed by atoms with van der Waals surface area (Å²) >= 11 is 7.27. The van der Waals surface area contributed by atoms with Crippen molar-refractivity contribution < 1.29 is 13.2 Å². The number of halogens is 1. The standard InChI is InChI=1S/C28H24ClN5O3S2/c29-27-12-11-26(38-27)28(35)33-16-14-32(15-17-33)23-5-7-24(8-6-23)34(20-22-2-1-13-31-19-22)39(36,37)25-9-3-21(18-30)4-10-25/h1-13,19H,14-17,20H2. The fraction of sp³-hybridized carbons (Fsp3) is 0.179. The summed E-state index contributed by atoms with van der Waals surface area (Å²) in [7, 11) is -3.93. The molecule has 5 rings (SSSR count). The van der Waals surface area contributed by atoms with Crippen molar-refractivity contribution in [1.29, 1.82) is 5.26 Å². The second-order valence-electron chi connectivity index (χ2n) is 8.91. The Balaban J connectivity index is 1.35. The van der Waals surface area contributed by atoms with E-state index in [1.54, 1.807) is 42.7 Å². The first kappa shape index (κ1) is 26.7. The third-order valence-electron chi connectivity index (χ3n) is 6.47. The quantitative estimate of drug-likeness (QED) is 0.306. The van der Waals surface area contributed by atoms with Crippen LogP contribution in [-0.4, -0.2) is 50.4 Å². The highest BCUT2D eigenvalue weighted by molar-refractivity contribution is 7.92. The number of carbonyl (C=O) groups excluding carboxylic acids is 1. The molecule has 2 aromatic heterocycles. The van der Waals surface area contributed by atoms with Crippen LogP contribution in [0.5, 0.6) is 0 Å². The van der Waals surface area contributed by atoms with Crippen LogP contribution in [0.1, 0.15) is 20.8 Å². The van der Waals surface area contributed by atoms with Gasteiger partial charge in [0.15, 0.2) is 0 Å². The highest BCUT2D eigenvalue weighted by Crippen LogP contribution is 2.29. The lowest BCUT2D eigenvalue weighted by atomic mass is 10.2. The van der Waals surface area contributed by atoms with Gasteiger partial charge >= 0.3 is 0 Å². The van der Waals surface area contributed by atoms with Gasteiger partial charge in [0.2, 0.25) is 0 Å². The number of hydrogen-bond acceptors (Lipinski definition) is 7. The zero-order chi connectivity index (χ0) is 27.4. The number of pyridine rings is 1. The van der Waals surface area contributed by atoms with Crippen LogP contribution in [0.25, 0.3) is 0 Å². The Labute approximate surface area is 236 Å². The molecule has 11 heteroatoms. The second-order valence-corrected chi connectivity index (χ2v) is 12.5. The second kappa shape index (κ2) is 11.5. The minimum atomic E-state index is -3.93. The van der Waals surface area contributed by atoms with Gasteiger partial charge in [-0.25, -0.2) is 8.42 Å². The van der Waals surface area contributed by atoms with Crippen LogP contribution >= 0.6 is 22.9 Å². The molecule has 0 bridgehead atoms. The molecular weight excluding hydrogens is 554 g/mol. The fourth-order valence-electron chi connectivity index (χ4n) is 4.38. The number of nitriles is 1. The van der Waals surface area contributed by atoms with E-state index in [-0.39, 0.29) is 17.3 Å². The molecular formula is C28H24ClN5O3S2. The van der Waals surface area contributed by atoms with E-state index in [9.17, 15) is 13.2 Å². The maximum Gasteiger partial charge on any atom is 0.264 e. The van der Waals surface area contributed by atoms with Crippen molar-refractivity contribution in [2.75, 3.05) is 35.4 Å². The van der Waals surface area contributed by atoms with Crippen LogP contribution in [0.4, 0.5) is 11.4 Å². The molecule has 1 saturated heterocycles. The Hall–Kier alpha value is -3.91. The van der Waals surface area contributed by atoms with Gasteiger partial charge in [-0.1, -0.05) is 17.7 Å². The Kier molecular flexibility index (Phi) is 7.84. The monoisotopic (exact) mass is 577 g/mol. The van der Waals surface area contributed by atoms with Gasteiger partial charge in [-0.2, -0.15) is 5.26 Å². The first-order chi connectivity index (χ1) is 18.8. The molecule has 39 heavy (non-hydrogen) atoms. The van der Waals surface area contributed by atoms with E-state index in [4.69, 9.17) is 16.9 Å². The lowest BCUT2D eigenvalue weighted by Gasteiger charge is -2.36. The van der Waals surface area contributed by atoms with Crippen molar-refractivity contribution in [2.24, 2.45) is 0 Å². The van der Waals surface area contributed by atoms with Crippen molar-refractivity contribution in [3.63, 3.8) is 0 Å². The minimum absolute atomic E-state index is 0.0130. The summed E-state index contributed by atoms with van der Waals surface area (Å²) in [6.45, 7) is 2.58. The van der Waals surface area contributed by atoms with Crippen LogP contribution in [0.2, 0.25) is 4.34 Å². The van der Waals surface area contributed by atoms with Gasteiger partial charge in [-0.3, -0.25) is 14.1 Å². The van der Waals surface area contributed by atoms with Crippen LogP contribution in [-0.2, 0) is 16.6 Å². The summed E-state index contributed by atoms with van der Waals surface area (Å²) in [5, 5.41) is 9.10. The van der Waals surface area contributed by atoms with Crippen molar-refractivity contribution in [3.8, 4) is 6.07 Å². The maximum atomic E-state index is 13.7. The maximum absolute atomic E-state index is 13.7. The molecule has 0 saturated carbocycles. The smallest absolute Gasteiger partial charge is 0.264 e. The topological polar surface area (TPSA) is 97.6 Å². The van der Waals surface area contributed by atoms with Crippen molar-refractivity contribution in [2.45, 2.75) is 11.4 Å². The fourth-order valence-corrected chi connectivity index (χ4v) is 6.85. The molecule has 1 amide bonds. The number of rotatable bonds is 7. The summed E-state index contributed by atoms with van der Waals surface area (Å²) < 4.78 is 29.4. The molecule has 0 N–H and O–H groups in total. The highest BCUT2D eigenvalue weighted by atomic mass is 35.5. The molecule has 198 valence electrons. The summed E-state index contributed by atoms with van der Waals surface area (Å²) in [6.07, 6.45) is 3.28. The third-order valence-corrected chi connectivity index (χ3v) is 9.48. The summed E-state index contributed by atoms with van der Waals surface area (Å²) in [5.41, 5.74) is 2.59. The van der Waals surface area contributed by atoms with Crippen molar-refractivity contribution >= 4 is 50.2 Å². The first-order valence-electron chi connectivity index (χ1n) is 12.2. The number of hydrogen-bond donors (Lipinski definition) is 0. The Bertz CT molecular complexity index is 1590. The van der Waals surface area contributed by atoms with Crippen LogP contribution in [0.15, 0.2) is 90.1 Å². The Morgan fingerprint density at radius 3 is 2.31 bits per heavy atom. The molecule has 4 aromatic rings. The average Bonchev–Trinajstić information content (AvgIpc) is 3.42. The molecule has 0 spiro atoms. The van der Waals surface area contributed by atoms with Gasteiger partial charge in [0.05, 0.1) is 38.0 Å². The molecule has 3 heterocycles. The molecule has 1 aliphatic heterocycles. The molecule has 0 atom stereocenters. The van der Waals surface area contributed by atoms with E-state index >= 15 is 0 Å². The number of thiophene rings is 1. The normalized spacial score (nSPS) is 13.6. The van der Waals surface area contributed by atoms with E-state index in [2.05, 4.69) is 9.88 Å². The summed E-state index contributed by atoms with van der Waals surface area (Å²) in [4.78, 5) is 21.6. The Morgan fingerprint density at radius 1 is 1.00 bits per heavy atom. The predicted octanol–water partition coefficient (Wildman–Crippen LogP) is 5.03. The number of nitrogens with zero attached hydrogens (tertiary/aromatic N) is 5. The highest BCUT2D eigenvalue weighted by Gasteiger charge is 2.27. The van der Waals surface area contributed by atoms with Crippen LogP contribution in [0.3, 0.4) is 0 Å². The van der Waals surface area contributed by atoms with Crippen LogP contribution < -0.4 is 9.21 Å². The van der Waals surface area contributed by atoms with E-state index in [1.807, 2.05) is 29.2 Å². The average molecular weight is 578 g/mol.